The Morgan fingerprint density at radius 2 is 2.29 bits per heavy atom. The van der Waals surface area contributed by atoms with Gasteiger partial charge in [-0.2, -0.15) is 0 Å². The topological polar surface area (TPSA) is 0 Å². The first kappa shape index (κ1) is 7.80. The molecule has 0 fully saturated rings. The average molecular weight is 157 g/mol. The molecule has 7 heavy (non-hydrogen) atoms. The molecule has 3 heteroatoms. The molecule has 0 bridgehead atoms. The van der Waals surface area contributed by atoms with Crippen molar-refractivity contribution in [2.24, 2.45) is 0 Å². The van der Waals surface area contributed by atoms with E-state index < -0.39 is 0 Å². The Morgan fingerprint density at radius 1 is 1.71 bits per heavy atom. The van der Waals surface area contributed by atoms with E-state index in [1.165, 1.54) is 6.04 Å². The van der Waals surface area contributed by atoms with Crippen molar-refractivity contribution in [3.8, 4) is 0 Å². The average Bonchev–Trinajstić information content (AvgIpc) is 1.68. The van der Waals surface area contributed by atoms with Crippen LogP contribution in [0.5, 0.6) is 0 Å². The van der Waals surface area contributed by atoms with Crippen molar-refractivity contribution in [3.63, 3.8) is 0 Å². The summed E-state index contributed by atoms with van der Waals surface area (Å²) < 4.78 is 0. The zero-order valence-corrected chi connectivity index (χ0v) is 7.38. The molecule has 0 aromatic heterocycles. The van der Waals surface area contributed by atoms with E-state index in [1.54, 1.807) is 0 Å². The van der Waals surface area contributed by atoms with Crippen molar-refractivity contribution in [1.82, 2.24) is 0 Å². The van der Waals surface area contributed by atoms with Gasteiger partial charge in [-0.1, -0.05) is 6.55 Å². The molecule has 1 unspecified atom stereocenters. The minimum atomic E-state index is 0.139. The summed E-state index contributed by atoms with van der Waals surface area (Å²) in [6, 6.07) is 1.17. The fraction of sp³-hybridized carbons (Fsp3) is 1.00. The van der Waals surface area contributed by atoms with E-state index in [1.807, 2.05) is 0 Å². The molecule has 44 valence electrons. The van der Waals surface area contributed by atoms with Gasteiger partial charge in [-0.25, -0.2) is 0 Å². The summed E-state index contributed by atoms with van der Waals surface area (Å²) in [4.78, 5) is 0. The van der Waals surface area contributed by atoms with Gasteiger partial charge >= 0.3 is 0 Å². The fourth-order valence-corrected chi connectivity index (χ4v) is 2.29. The molecule has 0 saturated carbocycles. The van der Waals surface area contributed by atoms with Crippen molar-refractivity contribution < 1.29 is 0 Å². The Labute approximate surface area is 57.0 Å². The lowest BCUT2D eigenvalue weighted by Crippen LogP contribution is -2.00. The van der Waals surface area contributed by atoms with Gasteiger partial charge in [0.1, 0.15) is 0 Å². The first-order chi connectivity index (χ1) is 3.31. The molecule has 0 aromatic carbocycles. The van der Waals surface area contributed by atoms with Crippen LogP contribution in [0.2, 0.25) is 12.6 Å². The quantitative estimate of drug-likeness (QED) is 0.430. The second-order valence-electron chi connectivity index (χ2n) is 1.54. The van der Waals surface area contributed by atoms with Crippen molar-refractivity contribution in [2.75, 3.05) is 5.88 Å². The molecule has 0 aliphatic carbocycles. The van der Waals surface area contributed by atoms with Crippen molar-refractivity contribution in [3.05, 3.63) is 0 Å². The van der Waals surface area contributed by atoms with E-state index in [9.17, 15) is 0 Å². The van der Waals surface area contributed by atoms with E-state index in [4.69, 9.17) is 23.2 Å². The lowest BCUT2D eigenvalue weighted by molar-refractivity contribution is 1.09. The van der Waals surface area contributed by atoms with Crippen LogP contribution >= 0.6 is 23.2 Å². The first-order valence-corrected chi connectivity index (χ1v) is 5.89. The van der Waals surface area contributed by atoms with Gasteiger partial charge in [0.15, 0.2) is 0 Å². The summed E-state index contributed by atoms with van der Waals surface area (Å²) in [5, 5.41) is 0.248. The zero-order chi connectivity index (χ0) is 5.70. The highest BCUT2D eigenvalue weighted by Crippen LogP contribution is 2.02. The molecular formula is C4H10Cl2Si. The summed E-state index contributed by atoms with van der Waals surface area (Å²) in [7, 11) is 0.139. The van der Waals surface area contributed by atoms with Gasteiger partial charge in [0.05, 0.1) is 0 Å². The van der Waals surface area contributed by atoms with Crippen molar-refractivity contribution in [1.29, 1.82) is 0 Å². The summed E-state index contributed by atoms with van der Waals surface area (Å²) in [6.07, 6.45) is 0. The lowest BCUT2D eigenvalue weighted by atomic mass is 10.6. The van der Waals surface area contributed by atoms with Crippen LogP contribution in [0.4, 0.5) is 0 Å². The van der Waals surface area contributed by atoms with E-state index in [-0.39, 0.29) is 14.9 Å². The highest BCUT2D eigenvalue weighted by Gasteiger charge is 1.97. The summed E-state index contributed by atoms with van der Waals surface area (Å²) in [5.74, 6) is 0.613. The third-order valence-electron chi connectivity index (χ3n) is 0.769. The number of hydrogen-bond donors (Lipinski definition) is 0. The maximum absolute atomic E-state index is 5.67. The number of alkyl halides is 2. The Bertz CT molecular complexity index is 40.7. The molecular weight excluding hydrogens is 147 g/mol. The predicted molar refractivity (Wildman–Crippen MR) is 39.6 cm³/mol. The van der Waals surface area contributed by atoms with Gasteiger partial charge in [-0.15, -0.1) is 23.2 Å². The Balaban J connectivity index is 2.83. The summed E-state index contributed by atoms with van der Waals surface area (Å²) >= 11 is 11.1. The van der Waals surface area contributed by atoms with Crippen LogP contribution in [0.25, 0.3) is 0 Å². The monoisotopic (exact) mass is 156 g/mol. The molecule has 0 spiro atoms. The molecule has 0 radical (unpaired) electrons. The van der Waals surface area contributed by atoms with Crippen molar-refractivity contribution >= 4 is 32.7 Å². The van der Waals surface area contributed by atoms with E-state index in [0.717, 1.165) is 0 Å². The third-order valence-corrected chi connectivity index (χ3v) is 3.31. The van der Waals surface area contributed by atoms with E-state index in [2.05, 4.69) is 6.55 Å². The molecule has 0 aromatic rings. The van der Waals surface area contributed by atoms with Crippen LogP contribution in [0.15, 0.2) is 0 Å². The molecule has 0 rings (SSSR count). The van der Waals surface area contributed by atoms with Crippen LogP contribution in [-0.4, -0.2) is 20.8 Å². The predicted octanol–water partition coefficient (Wildman–Crippen LogP) is 1.47. The van der Waals surface area contributed by atoms with Gasteiger partial charge in [0, 0.05) is 20.8 Å². The molecule has 0 heterocycles. The number of hydrogen-bond acceptors (Lipinski definition) is 0. The molecule has 0 N–H and O–H groups in total. The Kier molecular flexibility index (Phi) is 5.51. The molecule has 0 saturated heterocycles. The van der Waals surface area contributed by atoms with Gasteiger partial charge in [-0.05, 0) is 6.04 Å². The Hall–Kier alpha value is 0.797. The minimum absolute atomic E-state index is 0.139. The smallest absolute Gasteiger partial charge is 0.0442 e. The zero-order valence-electron chi connectivity index (χ0n) is 4.45. The largest absolute Gasteiger partial charge is 0.125 e. The lowest BCUT2D eigenvalue weighted by Gasteiger charge is -1.97. The minimum Gasteiger partial charge on any atom is -0.125 e. The number of rotatable bonds is 3. The van der Waals surface area contributed by atoms with Crippen LogP contribution in [0, 0.1) is 0 Å². The molecule has 0 aliphatic heterocycles. The maximum Gasteiger partial charge on any atom is 0.0442 e. The van der Waals surface area contributed by atoms with E-state index >= 15 is 0 Å². The standard InChI is InChI=1S/C4H10Cl2Si/c1-7-3-4(6)2-5/h4H,2-3,7H2,1H3. The SMILES string of the molecule is C[SiH2]CC(Cl)CCl. The second kappa shape index (κ2) is 4.94. The second-order valence-corrected chi connectivity index (χ2v) is 4.04. The third kappa shape index (κ3) is 4.65. The molecule has 1 atom stereocenters. The van der Waals surface area contributed by atoms with Gasteiger partial charge in [-0.3, -0.25) is 0 Å². The van der Waals surface area contributed by atoms with Gasteiger partial charge < -0.3 is 0 Å². The maximum atomic E-state index is 5.67. The normalized spacial score (nSPS) is 15.9. The van der Waals surface area contributed by atoms with Gasteiger partial charge in [0.2, 0.25) is 0 Å². The highest BCUT2D eigenvalue weighted by molar-refractivity contribution is 6.38. The number of halogens is 2. The summed E-state index contributed by atoms with van der Waals surface area (Å²) in [5.41, 5.74) is 0. The fourth-order valence-electron chi connectivity index (χ4n) is 0.390. The highest BCUT2D eigenvalue weighted by atomic mass is 35.5. The van der Waals surface area contributed by atoms with Crippen LogP contribution in [0.1, 0.15) is 0 Å². The van der Waals surface area contributed by atoms with Crippen molar-refractivity contribution in [2.45, 2.75) is 18.0 Å². The van der Waals surface area contributed by atoms with Crippen LogP contribution < -0.4 is 0 Å². The first-order valence-electron chi connectivity index (χ1n) is 2.51. The van der Waals surface area contributed by atoms with Gasteiger partial charge in [0.25, 0.3) is 0 Å². The summed E-state index contributed by atoms with van der Waals surface area (Å²) in [6.45, 7) is 2.24. The molecule has 0 aliphatic rings. The Morgan fingerprint density at radius 3 is 2.43 bits per heavy atom. The molecule has 0 nitrogen and oxygen atoms in total. The van der Waals surface area contributed by atoms with E-state index in [0.29, 0.717) is 5.88 Å². The van der Waals surface area contributed by atoms with Crippen LogP contribution in [0.3, 0.4) is 0 Å². The molecule has 0 amide bonds. The van der Waals surface area contributed by atoms with Crippen LogP contribution in [-0.2, 0) is 0 Å².